The highest BCUT2D eigenvalue weighted by atomic mass is 79.9. The van der Waals surface area contributed by atoms with Crippen molar-refractivity contribution in [2.75, 3.05) is 0 Å². The third kappa shape index (κ3) is 3.79. The number of nitrogens with zero attached hydrogens (tertiary/aromatic N) is 2. The number of hydrogen-bond donors (Lipinski definition) is 0. The molecule has 0 saturated heterocycles. The van der Waals surface area contributed by atoms with E-state index in [0.29, 0.717) is 10.8 Å². The van der Waals surface area contributed by atoms with Crippen LogP contribution in [0, 0.1) is 20.2 Å². The van der Waals surface area contributed by atoms with Crippen LogP contribution in [-0.4, -0.2) is 22.1 Å². The number of carbonyl (C=O) groups is 2. The van der Waals surface area contributed by atoms with E-state index in [1.54, 1.807) is 0 Å². The van der Waals surface area contributed by atoms with Gasteiger partial charge in [-0.3, -0.25) is 25.0 Å². The fourth-order valence-corrected chi connectivity index (χ4v) is 2.17. The van der Waals surface area contributed by atoms with E-state index in [9.17, 15) is 29.8 Å². The fourth-order valence-electron chi connectivity index (χ4n) is 1.79. The number of nitro benzene ring substituents is 2. The lowest BCUT2D eigenvalue weighted by Crippen LogP contribution is -2.11. The smallest absolute Gasteiger partial charge is 0.344 e. The van der Waals surface area contributed by atoms with E-state index < -0.39 is 27.2 Å². The molecule has 0 N–H and O–H groups in total. The minimum atomic E-state index is -1.06. The molecule has 0 heterocycles. The Morgan fingerprint density at radius 1 is 1.04 bits per heavy atom. The van der Waals surface area contributed by atoms with Gasteiger partial charge in [-0.15, -0.1) is 0 Å². The van der Waals surface area contributed by atoms with E-state index in [1.165, 1.54) is 18.2 Å². The van der Waals surface area contributed by atoms with Crippen LogP contribution in [0.2, 0.25) is 0 Å². The summed E-state index contributed by atoms with van der Waals surface area (Å²) in [5, 5.41) is 21.7. The van der Waals surface area contributed by atoms with Gasteiger partial charge in [-0.1, -0.05) is 15.9 Å². The van der Waals surface area contributed by atoms with Crippen molar-refractivity contribution in [2.24, 2.45) is 0 Å². The first-order chi connectivity index (χ1) is 11.3. The second-order valence-electron chi connectivity index (χ2n) is 4.44. The quantitative estimate of drug-likeness (QED) is 0.250. The van der Waals surface area contributed by atoms with Gasteiger partial charge in [0, 0.05) is 16.6 Å². The van der Waals surface area contributed by atoms with Crippen molar-refractivity contribution in [3.05, 3.63) is 72.2 Å². The molecule has 0 aliphatic rings. The van der Waals surface area contributed by atoms with Crippen molar-refractivity contribution in [1.82, 2.24) is 0 Å². The lowest BCUT2D eigenvalue weighted by Gasteiger charge is -2.07. The summed E-state index contributed by atoms with van der Waals surface area (Å²) >= 11 is 3.15. The van der Waals surface area contributed by atoms with Crippen LogP contribution >= 0.6 is 15.9 Å². The third-order valence-electron chi connectivity index (χ3n) is 2.86. The van der Waals surface area contributed by atoms with Gasteiger partial charge in [0.1, 0.15) is 5.75 Å². The van der Waals surface area contributed by atoms with Gasteiger partial charge in [0.2, 0.25) is 0 Å². The Morgan fingerprint density at radius 3 is 2.12 bits per heavy atom. The topological polar surface area (TPSA) is 130 Å². The van der Waals surface area contributed by atoms with Crippen molar-refractivity contribution in [3.8, 4) is 5.75 Å². The Hall–Kier alpha value is -3.14. The Balaban J connectivity index is 2.41. The lowest BCUT2D eigenvalue weighted by molar-refractivity contribution is -0.394. The van der Waals surface area contributed by atoms with Gasteiger partial charge in [0.05, 0.1) is 27.0 Å². The molecule has 2 aromatic rings. The molecule has 2 aromatic carbocycles. The van der Waals surface area contributed by atoms with Gasteiger partial charge in [-0.25, -0.2) is 4.79 Å². The molecular weight excluding hydrogens is 388 g/mol. The van der Waals surface area contributed by atoms with Crippen LogP contribution in [0.3, 0.4) is 0 Å². The second-order valence-corrected chi connectivity index (χ2v) is 5.36. The maximum atomic E-state index is 12.1. The number of carbonyl (C=O) groups excluding carboxylic acids is 2. The van der Waals surface area contributed by atoms with Gasteiger partial charge in [0.15, 0.2) is 6.29 Å². The Labute approximate surface area is 142 Å². The SMILES string of the molecule is O=Cc1cc(Br)ccc1OC(=O)c1cc([N+](=O)[O-])cc([N+](=O)[O-])c1. The highest BCUT2D eigenvalue weighted by Crippen LogP contribution is 2.26. The normalized spacial score (nSPS) is 10.0. The predicted octanol–water partition coefficient (Wildman–Crippen LogP) is 3.30. The number of halogens is 1. The van der Waals surface area contributed by atoms with E-state index in [0.717, 1.165) is 18.2 Å². The second kappa shape index (κ2) is 6.96. The highest BCUT2D eigenvalue weighted by molar-refractivity contribution is 9.10. The van der Waals surface area contributed by atoms with Crippen molar-refractivity contribution in [3.63, 3.8) is 0 Å². The van der Waals surface area contributed by atoms with Crippen molar-refractivity contribution in [2.45, 2.75) is 0 Å². The lowest BCUT2D eigenvalue weighted by atomic mass is 10.1. The summed E-state index contributed by atoms with van der Waals surface area (Å²) in [5.41, 5.74) is -1.56. The summed E-state index contributed by atoms with van der Waals surface area (Å²) in [6.45, 7) is 0. The number of aldehydes is 1. The number of hydrogen-bond acceptors (Lipinski definition) is 7. The zero-order valence-corrected chi connectivity index (χ0v) is 13.3. The van der Waals surface area contributed by atoms with E-state index in [4.69, 9.17) is 4.74 Å². The summed E-state index contributed by atoms with van der Waals surface area (Å²) in [5.74, 6) is -1.14. The maximum absolute atomic E-state index is 12.1. The molecular formula is C14H7BrN2O7. The molecule has 0 aliphatic carbocycles. The number of rotatable bonds is 5. The molecule has 0 aromatic heterocycles. The number of ether oxygens (including phenoxy) is 1. The minimum Gasteiger partial charge on any atom is -0.422 e. The maximum Gasteiger partial charge on any atom is 0.344 e. The molecule has 2 rings (SSSR count). The zero-order chi connectivity index (χ0) is 17.9. The number of esters is 1. The monoisotopic (exact) mass is 394 g/mol. The molecule has 122 valence electrons. The predicted molar refractivity (Wildman–Crippen MR) is 84.2 cm³/mol. The molecule has 0 saturated carbocycles. The molecule has 0 radical (unpaired) electrons. The van der Waals surface area contributed by atoms with Gasteiger partial charge in [-0.2, -0.15) is 0 Å². The molecule has 9 nitrogen and oxygen atoms in total. The molecule has 24 heavy (non-hydrogen) atoms. The molecule has 0 bridgehead atoms. The largest absolute Gasteiger partial charge is 0.422 e. The fraction of sp³-hybridized carbons (Fsp3) is 0. The number of benzene rings is 2. The Morgan fingerprint density at radius 2 is 1.62 bits per heavy atom. The van der Waals surface area contributed by atoms with Gasteiger partial charge < -0.3 is 4.74 Å². The van der Waals surface area contributed by atoms with Gasteiger partial charge in [-0.05, 0) is 18.2 Å². The molecule has 0 fully saturated rings. The van der Waals surface area contributed by atoms with Crippen LogP contribution in [0.5, 0.6) is 5.75 Å². The molecule has 0 aliphatic heterocycles. The highest BCUT2D eigenvalue weighted by Gasteiger charge is 2.21. The third-order valence-corrected chi connectivity index (χ3v) is 3.35. The molecule has 10 heteroatoms. The van der Waals surface area contributed by atoms with Gasteiger partial charge >= 0.3 is 5.97 Å². The molecule has 0 spiro atoms. The van der Waals surface area contributed by atoms with Crippen LogP contribution in [0.1, 0.15) is 20.7 Å². The summed E-state index contributed by atoms with van der Waals surface area (Å²) in [6, 6.07) is 6.71. The van der Waals surface area contributed by atoms with Gasteiger partial charge in [0.25, 0.3) is 11.4 Å². The van der Waals surface area contributed by atoms with E-state index in [-0.39, 0.29) is 16.9 Å². The summed E-state index contributed by atoms with van der Waals surface area (Å²) in [6.07, 6.45) is 0.462. The Kier molecular flexibility index (Phi) is 4.99. The van der Waals surface area contributed by atoms with E-state index in [1.807, 2.05) is 0 Å². The van der Waals surface area contributed by atoms with Crippen LogP contribution in [0.4, 0.5) is 11.4 Å². The van der Waals surface area contributed by atoms with E-state index >= 15 is 0 Å². The summed E-state index contributed by atoms with van der Waals surface area (Å²) in [7, 11) is 0. The van der Waals surface area contributed by atoms with Crippen LogP contribution in [-0.2, 0) is 0 Å². The van der Waals surface area contributed by atoms with Crippen LogP contribution in [0.25, 0.3) is 0 Å². The molecule has 0 amide bonds. The first kappa shape index (κ1) is 17.2. The van der Waals surface area contributed by atoms with Crippen molar-refractivity contribution >= 4 is 39.6 Å². The van der Waals surface area contributed by atoms with Crippen LogP contribution in [0.15, 0.2) is 40.9 Å². The first-order valence-corrected chi connectivity index (χ1v) is 7.02. The average Bonchev–Trinajstić information content (AvgIpc) is 2.55. The number of nitro groups is 2. The van der Waals surface area contributed by atoms with E-state index in [2.05, 4.69) is 15.9 Å². The summed E-state index contributed by atoms with van der Waals surface area (Å²) in [4.78, 5) is 43.0. The van der Waals surface area contributed by atoms with Crippen molar-refractivity contribution in [1.29, 1.82) is 0 Å². The standard InChI is InChI=1S/C14H7BrN2O7/c15-10-1-2-13(9(3-10)7-18)24-14(19)8-4-11(16(20)21)6-12(5-8)17(22)23/h1-7H. The number of non-ortho nitro benzene ring substituents is 2. The molecule has 0 unspecified atom stereocenters. The zero-order valence-electron chi connectivity index (χ0n) is 11.7. The van der Waals surface area contributed by atoms with Crippen molar-refractivity contribution < 1.29 is 24.2 Å². The minimum absolute atomic E-state index is 0.0673. The van der Waals surface area contributed by atoms with Crippen LogP contribution < -0.4 is 4.74 Å². The summed E-state index contributed by atoms with van der Waals surface area (Å²) < 4.78 is 5.59. The Bertz CT molecular complexity index is 834. The molecule has 0 atom stereocenters. The average molecular weight is 395 g/mol. The first-order valence-electron chi connectivity index (χ1n) is 6.22.